The zero-order chi connectivity index (χ0) is 40.2. The average Bonchev–Trinajstić information content (AvgIpc) is 3.99. The summed E-state index contributed by atoms with van der Waals surface area (Å²) in [6.07, 6.45) is 0.876. The largest absolute Gasteiger partial charge is 0.456 e. The minimum absolute atomic E-state index is 0.0388. The predicted octanol–water partition coefficient (Wildman–Crippen LogP) is 15.4. The summed E-state index contributed by atoms with van der Waals surface area (Å²) < 4.78 is 11.2. The lowest BCUT2D eigenvalue weighted by atomic mass is 9.81. The molecule has 61 heavy (non-hydrogen) atoms. The third-order valence-corrected chi connectivity index (χ3v) is 14.2. The fraction of sp³-hybridized carbons (Fsp3) is 0.0714. The highest BCUT2D eigenvalue weighted by molar-refractivity contribution is 7.26. The summed E-state index contributed by atoms with van der Waals surface area (Å²) >= 11 is 1.83. The lowest BCUT2D eigenvalue weighted by Gasteiger charge is -2.30. The highest BCUT2D eigenvalue weighted by Gasteiger charge is 2.34. The molecule has 0 amide bonds. The van der Waals surface area contributed by atoms with Gasteiger partial charge >= 0.3 is 0 Å². The topological polar surface area (TPSA) is 42.8 Å². The Balaban J connectivity index is 1.12. The summed E-state index contributed by atoms with van der Waals surface area (Å²) in [6, 6.07) is 65.9. The molecule has 2 unspecified atom stereocenters. The number of hydrogen-bond donors (Lipinski definition) is 0. The monoisotopic (exact) mass is 799 g/mol. The molecule has 12 aromatic rings. The molecule has 2 atom stereocenters. The molecule has 4 nitrogen and oxygen atoms in total. The van der Waals surface area contributed by atoms with Gasteiger partial charge in [0.2, 0.25) is 0 Å². The summed E-state index contributed by atoms with van der Waals surface area (Å²) in [5.74, 6) is 0.802. The summed E-state index contributed by atoms with van der Waals surface area (Å²) in [4.78, 5) is 11.6. The molecule has 1 aliphatic heterocycles. The van der Waals surface area contributed by atoms with Crippen molar-refractivity contribution in [2.75, 3.05) is 0 Å². The second-order valence-electron chi connectivity index (χ2n) is 16.3. The number of aromatic nitrogens is 1. The second-order valence-corrected chi connectivity index (χ2v) is 17.4. The van der Waals surface area contributed by atoms with Crippen molar-refractivity contribution in [3.63, 3.8) is 0 Å². The first-order chi connectivity index (χ1) is 30.2. The van der Waals surface area contributed by atoms with E-state index in [4.69, 9.17) is 14.4 Å². The Morgan fingerprint density at radius 2 is 1.23 bits per heavy atom. The van der Waals surface area contributed by atoms with E-state index in [1.54, 1.807) is 0 Å². The molecular weight excluding hydrogens is 763 g/mol. The Morgan fingerprint density at radius 3 is 2.10 bits per heavy atom. The molecule has 0 saturated heterocycles. The van der Waals surface area contributed by atoms with Gasteiger partial charge in [-0.2, -0.15) is 0 Å². The van der Waals surface area contributed by atoms with Gasteiger partial charge in [-0.05, 0) is 88.1 Å². The van der Waals surface area contributed by atoms with E-state index in [0.717, 1.165) is 62.3 Å². The van der Waals surface area contributed by atoms with E-state index in [1.807, 2.05) is 17.4 Å². The zero-order valence-electron chi connectivity index (χ0n) is 33.3. The summed E-state index contributed by atoms with van der Waals surface area (Å²) in [7, 11) is 0. The van der Waals surface area contributed by atoms with Crippen LogP contribution in [0.3, 0.4) is 0 Å². The molecule has 0 aliphatic carbocycles. The Kier molecular flexibility index (Phi) is 7.55. The Morgan fingerprint density at radius 1 is 0.525 bits per heavy atom. The predicted molar refractivity (Wildman–Crippen MR) is 258 cm³/mol. The molecule has 0 spiro atoms. The van der Waals surface area contributed by atoms with Crippen LogP contribution in [-0.4, -0.2) is 16.1 Å². The minimum atomic E-state index is -0.183. The minimum Gasteiger partial charge on any atom is -0.456 e. The Bertz CT molecular complexity index is 3840. The molecule has 0 N–H and O–H groups in total. The van der Waals surface area contributed by atoms with Crippen molar-refractivity contribution < 1.29 is 4.42 Å². The number of rotatable bonds is 5. The van der Waals surface area contributed by atoms with E-state index in [2.05, 4.69) is 187 Å². The van der Waals surface area contributed by atoms with Crippen LogP contribution in [0.25, 0.3) is 91.1 Å². The third kappa shape index (κ3) is 5.24. The van der Waals surface area contributed by atoms with Gasteiger partial charge in [0.15, 0.2) is 5.84 Å². The quantitative estimate of drug-likeness (QED) is 0.171. The normalized spacial score (nSPS) is 15.9. The van der Waals surface area contributed by atoms with E-state index in [1.165, 1.54) is 63.5 Å². The molecule has 13 rings (SSSR count). The maximum absolute atomic E-state index is 6.33. The molecule has 5 heteroatoms. The fourth-order valence-corrected chi connectivity index (χ4v) is 11.3. The Labute approximate surface area is 355 Å². The van der Waals surface area contributed by atoms with Crippen LogP contribution in [0.1, 0.15) is 36.1 Å². The molecular formula is C56H37N3OS. The van der Waals surface area contributed by atoms with Crippen molar-refractivity contribution in [2.24, 2.45) is 15.9 Å². The smallest absolute Gasteiger partial charge is 0.157 e. The standard InChI is InChI=1S/C56H37N3OS/c1-2-38-53(36-26-27-51-45(29-36)41-20-8-11-24-50(41)60-51)57-56(58-54(38)43-22-13-17-33-14-5-6-18-39(33)43)47-32-37(31-46-42-21-9-12-25-52(42)61-55(46)47)59-48-23-10-7-19-40(48)44-28-34-15-3-4-16-35(34)30-49(44)59/h3-32,38,53H,2H2,1H3. The highest BCUT2D eigenvalue weighted by atomic mass is 32.1. The van der Waals surface area contributed by atoms with Gasteiger partial charge in [-0.15, -0.1) is 11.3 Å². The van der Waals surface area contributed by atoms with Crippen molar-refractivity contribution in [1.29, 1.82) is 0 Å². The second kappa shape index (κ2) is 13.3. The number of fused-ring (bicyclic) bond motifs is 11. The van der Waals surface area contributed by atoms with Gasteiger partial charge in [0.25, 0.3) is 0 Å². The molecule has 0 saturated carbocycles. The van der Waals surface area contributed by atoms with Crippen LogP contribution >= 0.6 is 11.3 Å². The van der Waals surface area contributed by atoms with Crippen molar-refractivity contribution in [2.45, 2.75) is 19.4 Å². The number of nitrogens with zero attached hydrogens (tertiary/aromatic N) is 3. The van der Waals surface area contributed by atoms with Gasteiger partial charge < -0.3 is 8.98 Å². The van der Waals surface area contributed by atoms with Crippen LogP contribution in [-0.2, 0) is 0 Å². The fourth-order valence-electron chi connectivity index (χ4n) is 10.1. The van der Waals surface area contributed by atoms with Gasteiger partial charge in [0, 0.05) is 64.4 Å². The molecule has 0 fully saturated rings. The summed E-state index contributed by atoms with van der Waals surface area (Å²) in [5, 5.41) is 12.0. The van der Waals surface area contributed by atoms with E-state index < -0.39 is 0 Å². The lowest BCUT2D eigenvalue weighted by Crippen LogP contribution is -2.28. The van der Waals surface area contributed by atoms with Crippen LogP contribution in [0, 0.1) is 5.92 Å². The van der Waals surface area contributed by atoms with Crippen molar-refractivity contribution in [3.8, 4) is 5.69 Å². The number of furan rings is 1. The molecule has 0 bridgehead atoms. The SMILES string of the molecule is CCC1C(c2cccc3ccccc23)=NC(c2cc(-n3c4ccccc4c4cc5ccccc5cc43)cc3c2sc2ccccc23)=NC1c1ccc2oc3ccccc3c2c1. The molecule has 9 aromatic carbocycles. The molecule has 1 aliphatic rings. The highest BCUT2D eigenvalue weighted by Crippen LogP contribution is 2.44. The number of benzene rings is 9. The van der Waals surface area contributed by atoms with Crippen LogP contribution < -0.4 is 0 Å². The van der Waals surface area contributed by atoms with E-state index >= 15 is 0 Å². The molecule has 288 valence electrons. The average molecular weight is 800 g/mol. The van der Waals surface area contributed by atoms with Gasteiger partial charge in [-0.1, -0.05) is 134 Å². The number of aliphatic imine (C=N–C) groups is 2. The Hall–Kier alpha value is -7.34. The van der Waals surface area contributed by atoms with Gasteiger partial charge in [0.05, 0.1) is 22.8 Å². The van der Waals surface area contributed by atoms with E-state index in [-0.39, 0.29) is 12.0 Å². The van der Waals surface area contributed by atoms with Gasteiger partial charge in [-0.3, -0.25) is 4.99 Å². The van der Waals surface area contributed by atoms with Crippen LogP contribution in [0.5, 0.6) is 0 Å². The van der Waals surface area contributed by atoms with Crippen molar-refractivity contribution >= 4 is 108 Å². The number of hydrogen-bond acceptors (Lipinski definition) is 4. The van der Waals surface area contributed by atoms with Crippen molar-refractivity contribution in [3.05, 3.63) is 199 Å². The zero-order valence-corrected chi connectivity index (χ0v) is 34.2. The third-order valence-electron chi connectivity index (χ3n) is 13.0. The van der Waals surface area contributed by atoms with Crippen molar-refractivity contribution in [1.82, 2.24) is 4.57 Å². The summed E-state index contributed by atoms with van der Waals surface area (Å²) in [6.45, 7) is 2.28. The molecule has 0 radical (unpaired) electrons. The first kappa shape index (κ1) is 34.5. The van der Waals surface area contributed by atoms with Crippen LogP contribution in [0.4, 0.5) is 0 Å². The summed E-state index contributed by atoms with van der Waals surface area (Å²) in [5.41, 5.74) is 9.69. The lowest BCUT2D eigenvalue weighted by molar-refractivity contribution is 0.533. The molecule has 3 aromatic heterocycles. The van der Waals surface area contributed by atoms with E-state index in [9.17, 15) is 0 Å². The number of para-hydroxylation sites is 2. The van der Waals surface area contributed by atoms with Crippen LogP contribution in [0.15, 0.2) is 196 Å². The first-order valence-electron chi connectivity index (χ1n) is 21.1. The molecule has 4 heterocycles. The van der Waals surface area contributed by atoms with Gasteiger partial charge in [0.1, 0.15) is 11.2 Å². The number of amidine groups is 1. The first-order valence-corrected chi connectivity index (χ1v) is 21.9. The maximum Gasteiger partial charge on any atom is 0.157 e. The van der Waals surface area contributed by atoms with Gasteiger partial charge in [-0.25, -0.2) is 4.99 Å². The van der Waals surface area contributed by atoms with E-state index in [0.29, 0.717) is 0 Å². The van der Waals surface area contributed by atoms with Crippen LogP contribution in [0.2, 0.25) is 0 Å². The maximum atomic E-state index is 6.33. The number of thiophene rings is 1.